The summed E-state index contributed by atoms with van der Waals surface area (Å²) in [7, 11) is -3.95. The fourth-order valence-electron chi connectivity index (χ4n) is 3.54. The molecule has 0 aromatic heterocycles. The molecule has 0 unspecified atom stereocenters. The first-order chi connectivity index (χ1) is 14.4. The highest BCUT2D eigenvalue weighted by Crippen LogP contribution is 2.21. The lowest BCUT2D eigenvalue weighted by Gasteiger charge is -2.26. The fourth-order valence-corrected chi connectivity index (χ4v) is 4.71. The van der Waals surface area contributed by atoms with E-state index in [1.165, 1.54) is 44.4 Å². The van der Waals surface area contributed by atoms with E-state index >= 15 is 0 Å². The van der Waals surface area contributed by atoms with Crippen LogP contribution in [0.2, 0.25) is 0 Å². The lowest BCUT2D eigenvalue weighted by atomic mass is 10.1. The van der Waals surface area contributed by atoms with E-state index in [9.17, 15) is 17.6 Å². The molecule has 0 aliphatic carbocycles. The number of nitrogens with zero attached hydrogens (tertiary/aromatic N) is 1. The van der Waals surface area contributed by atoms with Gasteiger partial charge in [-0.3, -0.25) is 9.52 Å². The average Bonchev–Trinajstić information content (AvgIpc) is 2.74. The van der Waals surface area contributed by atoms with Gasteiger partial charge >= 0.3 is 0 Å². The van der Waals surface area contributed by atoms with E-state index in [-0.39, 0.29) is 27.6 Å². The number of halogens is 1. The molecule has 162 valence electrons. The van der Waals surface area contributed by atoms with Crippen molar-refractivity contribution in [3.8, 4) is 0 Å². The molecule has 2 aromatic rings. The van der Waals surface area contributed by atoms with Gasteiger partial charge in [0.25, 0.3) is 15.9 Å². The van der Waals surface area contributed by atoms with Crippen LogP contribution in [-0.4, -0.2) is 45.4 Å². The lowest BCUT2D eigenvalue weighted by molar-refractivity contribution is 0.0952. The molecule has 0 saturated carbocycles. The quantitative estimate of drug-likeness (QED) is 0.624. The van der Waals surface area contributed by atoms with Crippen LogP contribution in [0.1, 0.15) is 41.6 Å². The van der Waals surface area contributed by atoms with Gasteiger partial charge in [0.2, 0.25) is 0 Å². The summed E-state index contributed by atoms with van der Waals surface area (Å²) in [4.78, 5) is 15.0. The highest BCUT2D eigenvalue weighted by atomic mass is 32.2. The fraction of sp³-hybridized carbons (Fsp3) is 0.409. The number of nitrogens with one attached hydrogen (secondary N) is 2. The Kier molecular flexibility index (Phi) is 7.44. The van der Waals surface area contributed by atoms with Crippen LogP contribution >= 0.6 is 0 Å². The standard InChI is InChI=1S/C22H28FN3O3S/c1-17-16-18(10-11-20(17)23)30(28,29)25-21-9-4-3-8-19(21)22(27)24-12-7-15-26-13-5-2-6-14-26/h3-4,8-11,16,25H,2,5-7,12-15H2,1H3,(H,24,27). The molecule has 30 heavy (non-hydrogen) atoms. The molecule has 8 heteroatoms. The molecule has 0 bridgehead atoms. The highest BCUT2D eigenvalue weighted by molar-refractivity contribution is 7.92. The molecule has 1 amide bonds. The third-order valence-corrected chi connectivity index (χ3v) is 6.60. The third kappa shape index (κ3) is 5.79. The minimum atomic E-state index is -3.95. The molecule has 1 saturated heterocycles. The Hall–Kier alpha value is -2.45. The summed E-state index contributed by atoms with van der Waals surface area (Å²) < 4.78 is 41.3. The van der Waals surface area contributed by atoms with E-state index in [2.05, 4.69) is 14.9 Å². The average molecular weight is 434 g/mol. The predicted octanol–water partition coefficient (Wildman–Crippen LogP) is 3.54. The maximum atomic E-state index is 13.5. The summed E-state index contributed by atoms with van der Waals surface area (Å²) in [5.74, 6) is -0.805. The van der Waals surface area contributed by atoms with Crippen molar-refractivity contribution in [2.75, 3.05) is 30.9 Å². The smallest absolute Gasteiger partial charge is 0.261 e. The Bertz CT molecular complexity index is 989. The molecule has 0 atom stereocenters. The zero-order chi connectivity index (χ0) is 21.6. The van der Waals surface area contributed by atoms with Crippen LogP contribution in [0.25, 0.3) is 0 Å². The number of aryl methyl sites for hydroxylation is 1. The number of hydrogen-bond donors (Lipinski definition) is 2. The first kappa shape index (κ1) is 22.2. The summed E-state index contributed by atoms with van der Waals surface area (Å²) in [6.07, 6.45) is 4.59. The van der Waals surface area contributed by atoms with Crippen molar-refractivity contribution in [1.29, 1.82) is 0 Å². The number of anilines is 1. The number of sulfonamides is 1. The van der Waals surface area contributed by atoms with Gasteiger partial charge in [-0.2, -0.15) is 0 Å². The van der Waals surface area contributed by atoms with Gasteiger partial charge in [-0.1, -0.05) is 18.6 Å². The predicted molar refractivity (Wildman–Crippen MR) is 116 cm³/mol. The molecule has 3 rings (SSSR count). The van der Waals surface area contributed by atoms with E-state index in [1.54, 1.807) is 18.2 Å². The number of carbonyl (C=O) groups is 1. The second-order valence-electron chi connectivity index (χ2n) is 7.57. The number of rotatable bonds is 8. The lowest BCUT2D eigenvalue weighted by Crippen LogP contribution is -2.33. The number of carbonyl (C=O) groups excluding carboxylic acids is 1. The van der Waals surface area contributed by atoms with E-state index in [1.807, 2.05) is 0 Å². The molecule has 1 heterocycles. The SMILES string of the molecule is Cc1cc(S(=O)(=O)Nc2ccccc2C(=O)NCCCN2CCCCC2)ccc1F. The summed E-state index contributed by atoms with van der Waals surface area (Å²) in [5.41, 5.74) is 0.670. The molecule has 1 aliphatic rings. The molecule has 6 nitrogen and oxygen atoms in total. The van der Waals surface area contributed by atoms with Gasteiger partial charge in [0.15, 0.2) is 0 Å². The van der Waals surface area contributed by atoms with Crippen LogP contribution in [0.15, 0.2) is 47.4 Å². The van der Waals surface area contributed by atoms with Crippen LogP contribution in [0.4, 0.5) is 10.1 Å². The molecular weight excluding hydrogens is 405 g/mol. The monoisotopic (exact) mass is 433 g/mol. The van der Waals surface area contributed by atoms with Crippen LogP contribution in [0, 0.1) is 12.7 Å². The Labute approximate surface area is 177 Å². The Morgan fingerprint density at radius 3 is 2.57 bits per heavy atom. The van der Waals surface area contributed by atoms with Crippen LogP contribution in [-0.2, 0) is 10.0 Å². The minimum Gasteiger partial charge on any atom is -0.352 e. The van der Waals surface area contributed by atoms with Crippen molar-refractivity contribution in [2.45, 2.75) is 37.5 Å². The van der Waals surface area contributed by atoms with E-state index in [0.29, 0.717) is 6.54 Å². The zero-order valence-electron chi connectivity index (χ0n) is 17.2. The summed E-state index contributed by atoms with van der Waals surface area (Å²) in [6, 6.07) is 10.0. The summed E-state index contributed by atoms with van der Waals surface area (Å²) >= 11 is 0. The van der Waals surface area contributed by atoms with Gasteiger partial charge in [0, 0.05) is 6.54 Å². The first-order valence-corrected chi connectivity index (χ1v) is 11.7. The third-order valence-electron chi connectivity index (χ3n) is 5.24. The number of piperidine rings is 1. The van der Waals surface area contributed by atoms with Crippen molar-refractivity contribution >= 4 is 21.6 Å². The molecular formula is C22H28FN3O3S. The summed E-state index contributed by atoms with van der Waals surface area (Å²) in [5, 5.41) is 2.87. The van der Waals surface area contributed by atoms with Crippen molar-refractivity contribution in [3.05, 3.63) is 59.4 Å². The second-order valence-corrected chi connectivity index (χ2v) is 9.26. The van der Waals surface area contributed by atoms with Gasteiger partial charge in [-0.25, -0.2) is 12.8 Å². The molecule has 2 N–H and O–H groups in total. The van der Waals surface area contributed by atoms with Crippen molar-refractivity contribution in [2.24, 2.45) is 0 Å². The molecule has 0 spiro atoms. The topological polar surface area (TPSA) is 78.5 Å². The van der Waals surface area contributed by atoms with Gasteiger partial charge in [0.1, 0.15) is 5.82 Å². The Balaban J connectivity index is 1.63. The van der Waals surface area contributed by atoms with E-state index in [4.69, 9.17) is 0 Å². The Morgan fingerprint density at radius 1 is 1.10 bits per heavy atom. The number of hydrogen-bond acceptors (Lipinski definition) is 4. The van der Waals surface area contributed by atoms with Crippen LogP contribution < -0.4 is 10.0 Å². The van der Waals surface area contributed by atoms with E-state index < -0.39 is 15.8 Å². The summed E-state index contributed by atoms with van der Waals surface area (Å²) in [6.45, 7) is 5.19. The van der Waals surface area contributed by atoms with Crippen molar-refractivity contribution in [3.63, 3.8) is 0 Å². The normalized spacial score (nSPS) is 15.0. The van der Waals surface area contributed by atoms with Crippen LogP contribution in [0.5, 0.6) is 0 Å². The maximum Gasteiger partial charge on any atom is 0.261 e. The largest absolute Gasteiger partial charge is 0.352 e. The molecule has 1 aliphatic heterocycles. The van der Waals surface area contributed by atoms with Gasteiger partial charge in [0.05, 0.1) is 16.1 Å². The van der Waals surface area contributed by atoms with Gasteiger partial charge in [-0.05, 0) is 81.7 Å². The maximum absolute atomic E-state index is 13.5. The highest BCUT2D eigenvalue weighted by Gasteiger charge is 2.19. The van der Waals surface area contributed by atoms with Crippen LogP contribution in [0.3, 0.4) is 0 Å². The number of amides is 1. The first-order valence-electron chi connectivity index (χ1n) is 10.3. The van der Waals surface area contributed by atoms with Crippen molar-refractivity contribution < 1.29 is 17.6 Å². The van der Waals surface area contributed by atoms with Gasteiger partial charge in [-0.15, -0.1) is 0 Å². The molecule has 0 radical (unpaired) electrons. The number of para-hydroxylation sites is 1. The Morgan fingerprint density at radius 2 is 1.83 bits per heavy atom. The van der Waals surface area contributed by atoms with E-state index in [0.717, 1.165) is 32.1 Å². The second kappa shape index (κ2) is 10.0. The van der Waals surface area contributed by atoms with Gasteiger partial charge < -0.3 is 10.2 Å². The minimum absolute atomic E-state index is 0.0573. The number of benzene rings is 2. The molecule has 2 aromatic carbocycles. The zero-order valence-corrected chi connectivity index (χ0v) is 18.0. The number of likely N-dealkylation sites (tertiary alicyclic amines) is 1. The van der Waals surface area contributed by atoms with Crippen molar-refractivity contribution in [1.82, 2.24) is 10.2 Å². The molecule has 1 fully saturated rings.